The van der Waals surface area contributed by atoms with Crippen molar-refractivity contribution in [1.82, 2.24) is 5.32 Å². The zero-order valence-electron chi connectivity index (χ0n) is 41.1. The quantitative estimate of drug-likeness (QED) is 0.0289. The van der Waals surface area contributed by atoms with Gasteiger partial charge in [0.25, 0.3) is 0 Å². The second kappa shape index (κ2) is 36.7. The third-order valence-corrected chi connectivity index (χ3v) is 12.7. The second-order valence-electron chi connectivity index (χ2n) is 18.3. The molecule has 0 aromatic heterocycles. The van der Waals surface area contributed by atoms with Crippen LogP contribution < -0.4 is 10.1 Å². The number of rotatable bonds is 39. The molecule has 1 aliphatic rings. The molecule has 0 saturated carbocycles. The smallest absolute Gasteiger partial charge is 0.338 e. The van der Waals surface area contributed by atoms with Crippen LogP contribution >= 0.6 is 0 Å². The summed E-state index contributed by atoms with van der Waals surface area (Å²) < 4.78 is 29.9. The molecule has 0 unspecified atom stereocenters. The van der Waals surface area contributed by atoms with E-state index in [2.05, 4.69) is 19.2 Å². The van der Waals surface area contributed by atoms with Gasteiger partial charge in [-0.2, -0.15) is 0 Å². The Hall–Kier alpha value is -3.32. The Morgan fingerprint density at radius 1 is 0.682 bits per heavy atom. The molecule has 2 aromatic carbocycles. The van der Waals surface area contributed by atoms with E-state index in [0.717, 1.165) is 50.5 Å². The first-order valence-corrected chi connectivity index (χ1v) is 26.0. The molecular formula is C55H89NO10. The van der Waals surface area contributed by atoms with Gasteiger partial charge in [0, 0.05) is 6.42 Å². The van der Waals surface area contributed by atoms with E-state index in [9.17, 15) is 24.9 Å². The lowest BCUT2D eigenvalue weighted by molar-refractivity contribution is -0.313. The Morgan fingerprint density at radius 3 is 1.74 bits per heavy atom. The molecule has 11 nitrogen and oxygen atoms in total. The summed E-state index contributed by atoms with van der Waals surface area (Å²) >= 11 is 0. The predicted molar refractivity (Wildman–Crippen MR) is 263 cm³/mol. The lowest BCUT2D eigenvalue weighted by atomic mass is 9.99. The van der Waals surface area contributed by atoms with Gasteiger partial charge in [-0.25, -0.2) is 4.79 Å². The summed E-state index contributed by atoms with van der Waals surface area (Å²) in [6, 6.07) is 15.2. The Morgan fingerprint density at radius 2 is 1.21 bits per heavy atom. The molecule has 3 rings (SSSR count). The highest BCUT2D eigenvalue weighted by atomic mass is 16.7. The molecule has 0 radical (unpaired) electrons. The van der Waals surface area contributed by atoms with E-state index >= 15 is 0 Å². The number of ether oxygens (including phenoxy) is 5. The summed E-state index contributed by atoms with van der Waals surface area (Å²) in [5.41, 5.74) is 1.17. The Balaban J connectivity index is 1.70. The maximum Gasteiger partial charge on any atom is 0.338 e. The van der Waals surface area contributed by atoms with Crippen LogP contribution in [0.4, 0.5) is 0 Å². The van der Waals surface area contributed by atoms with Gasteiger partial charge in [0.2, 0.25) is 5.91 Å². The molecule has 0 aliphatic carbocycles. The number of aliphatic hydroxyl groups is 3. The number of benzene rings is 2. The van der Waals surface area contributed by atoms with Crippen LogP contribution in [0.2, 0.25) is 0 Å². The van der Waals surface area contributed by atoms with Crippen LogP contribution in [0, 0.1) is 0 Å². The van der Waals surface area contributed by atoms with E-state index in [1.165, 1.54) is 116 Å². The lowest BCUT2D eigenvalue weighted by Gasteiger charge is -2.42. The highest BCUT2D eigenvalue weighted by molar-refractivity contribution is 5.89. The van der Waals surface area contributed by atoms with Gasteiger partial charge in [0.15, 0.2) is 6.29 Å². The van der Waals surface area contributed by atoms with Gasteiger partial charge in [0.1, 0.15) is 36.3 Å². The number of aliphatic hydroxyl groups excluding tert-OH is 3. The monoisotopic (exact) mass is 924 g/mol. The molecule has 1 fully saturated rings. The number of hydrogen-bond donors (Lipinski definition) is 4. The maximum absolute atomic E-state index is 13.7. The SMILES string of the molecule is CCCCCCCCCCCCC/C=C/[C@@H](OC(=O)c1ccccc1)[C@H](CO[C@H]1O[C@H](CO)[C@H](O)[C@H](O)[C@H]1OCc1ccc(OC)cc1)NC(=O)CCCCCCCCCCCCCCC. The van der Waals surface area contributed by atoms with Crippen molar-refractivity contribution in [3.8, 4) is 5.75 Å². The van der Waals surface area contributed by atoms with Gasteiger partial charge < -0.3 is 44.3 Å². The minimum atomic E-state index is -1.46. The molecule has 7 atom stereocenters. The standard InChI is InChI=1S/C55H89NO10/c1-4-6-8-10-12-14-16-18-20-22-24-26-31-35-48(65-54(61)45-33-29-28-30-34-45)47(56-50(58)36-32-27-25-23-21-19-17-15-13-11-9-7-5-2)43-64-55-53(52(60)51(59)49(41-57)66-55)63-42-44-37-39-46(62-3)40-38-44/h28-31,33-35,37-40,47-49,51-53,55,57,59-60H,4-27,32,36,41-43H2,1-3H3,(H,56,58)/b35-31+/t47-,48+,49+,51-,52-,53+,55-/m0/s1. The molecule has 2 aromatic rings. The van der Waals surface area contributed by atoms with Crippen LogP contribution in [-0.2, 0) is 30.3 Å². The first kappa shape index (κ1) is 57.0. The summed E-state index contributed by atoms with van der Waals surface area (Å²) in [5.74, 6) is -0.0456. The molecule has 1 saturated heterocycles. The van der Waals surface area contributed by atoms with Crippen molar-refractivity contribution >= 4 is 11.9 Å². The number of amides is 1. The molecule has 1 amide bonds. The molecule has 0 bridgehead atoms. The molecule has 4 N–H and O–H groups in total. The van der Waals surface area contributed by atoms with Crippen LogP contribution in [0.15, 0.2) is 66.7 Å². The van der Waals surface area contributed by atoms with Gasteiger partial charge in [-0.1, -0.05) is 192 Å². The van der Waals surface area contributed by atoms with E-state index in [1.807, 2.05) is 30.4 Å². The fourth-order valence-electron chi connectivity index (χ4n) is 8.46. The summed E-state index contributed by atoms with van der Waals surface area (Å²) in [5, 5.41) is 35.3. The first-order valence-electron chi connectivity index (χ1n) is 26.0. The van der Waals surface area contributed by atoms with Crippen molar-refractivity contribution in [2.75, 3.05) is 20.3 Å². The fourth-order valence-corrected chi connectivity index (χ4v) is 8.46. The van der Waals surface area contributed by atoms with Crippen molar-refractivity contribution in [3.63, 3.8) is 0 Å². The van der Waals surface area contributed by atoms with Crippen molar-refractivity contribution in [2.24, 2.45) is 0 Å². The number of carbonyl (C=O) groups excluding carboxylic acids is 2. The van der Waals surface area contributed by atoms with E-state index in [0.29, 0.717) is 17.7 Å². The van der Waals surface area contributed by atoms with Gasteiger partial charge >= 0.3 is 5.97 Å². The summed E-state index contributed by atoms with van der Waals surface area (Å²) in [6.07, 6.45) is 26.9. The van der Waals surface area contributed by atoms with E-state index in [1.54, 1.807) is 43.5 Å². The molecule has 66 heavy (non-hydrogen) atoms. The Kier molecular flexibility index (Phi) is 31.7. The van der Waals surface area contributed by atoms with Crippen LogP contribution in [0.5, 0.6) is 5.75 Å². The Bertz CT molecular complexity index is 1520. The number of nitrogens with one attached hydrogen (secondary N) is 1. The normalized spacial score (nSPS) is 19.5. The highest BCUT2D eigenvalue weighted by Gasteiger charge is 2.46. The molecule has 374 valence electrons. The molecular weight excluding hydrogens is 835 g/mol. The second-order valence-corrected chi connectivity index (χ2v) is 18.3. The van der Waals surface area contributed by atoms with Crippen LogP contribution in [0.3, 0.4) is 0 Å². The number of unbranched alkanes of at least 4 members (excludes halogenated alkanes) is 23. The molecule has 11 heteroatoms. The zero-order valence-corrected chi connectivity index (χ0v) is 41.1. The average molecular weight is 924 g/mol. The van der Waals surface area contributed by atoms with Crippen molar-refractivity contribution in [2.45, 2.75) is 230 Å². The topological polar surface area (TPSA) is 153 Å². The van der Waals surface area contributed by atoms with E-state index in [-0.39, 0.29) is 19.1 Å². The third-order valence-electron chi connectivity index (χ3n) is 12.7. The summed E-state index contributed by atoms with van der Waals surface area (Å²) in [6.45, 7) is 3.80. The van der Waals surface area contributed by atoms with Crippen LogP contribution in [0.25, 0.3) is 0 Å². The lowest BCUT2D eigenvalue weighted by Crippen LogP contribution is -2.60. The van der Waals surface area contributed by atoms with Gasteiger partial charge in [0.05, 0.1) is 38.5 Å². The van der Waals surface area contributed by atoms with Gasteiger partial charge in [-0.05, 0) is 55.2 Å². The van der Waals surface area contributed by atoms with E-state index < -0.39 is 55.4 Å². The van der Waals surface area contributed by atoms with Crippen LogP contribution in [-0.4, -0.2) is 90.4 Å². The number of methoxy groups -OCH3 is 1. The van der Waals surface area contributed by atoms with Crippen molar-refractivity contribution < 1.29 is 48.6 Å². The van der Waals surface area contributed by atoms with Crippen molar-refractivity contribution in [3.05, 3.63) is 77.9 Å². The summed E-state index contributed by atoms with van der Waals surface area (Å²) in [4.78, 5) is 27.3. The minimum absolute atomic E-state index is 0.0594. The van der Waals surface area contributed by atoms with E-state index in [4.69, 9.17) is 23.7 Å². The van der Waals surface area contributed by atoms with Crippen molar-refractivity contribution in [1.29, 1.82) is 0 Å². The van der Waals surface area contributed by atoms with Crippen LogP contribution in [0.1, 0.15) is 197 Å². The largest absolute Gasteiger partial charge is 0.497 e. The fraction of sp³-hybridized carbons (Fsp3) is 0.709. The minimum Gasteiger partial charge on any atom is -0.497 e. The molecule has 1 aliphatic heterocycles. The molecule has 1 heterocycles. The third kappa shape index (κ3) is 24.1. The number of carbonyl (C=O) groups is 2. The maximum atomic E-state index is 13.7. The predicted octanol–water partition coefficient (Wildman–Crippen LogP) is 11.5. The number of esters is 1. The number of hydrogen-bond acceptors (Lipinski definition) is 10. The summed E-state index contributed by atoms with van der Waals surface area (Å²) in [7, 11) is 1.58. The Labute approximate surface area is 398 Å². The zero-order chi connectivity index (χ0) is 47.5. The average Bonchev–Trinajstić information content (AvgIpc) is 3.34. The first-order chi connectivity index (χ1) is 32.3. The highest BCUT2D eigenvalue weighted by Crippen LogP contribution is 2.27. The van der Waals surface area contributed by atoms with Gasteiger partial charge in [-0.3, -0.25) is 4.79 Å². The number of allylic oxidation sites excluding steroid dienone is 1. The van der Waals surface area contributed by atoms with Gasteiger partial charge in [-0.15, -0.1) is 0 Å². The molecule has 0 spiro atoms.